The average Bonchev–Trinajstić information content (AvgIpc) is 3.56. The first kappa shape index (κ1) is 42.6. The summed E-state index contributed by atoms with van der Waals surface area (Å²) >= 11 is 0. The van der Waals surface area contributed by atoms with Crippen LogP contribution in [0.2, 0.25) is 0 Å². The van der Waals surface area contributed by atoms with Crippen LogP contribution in [0.15, 0.2) is 65.7 Å². The maximum absolute atomic E-state index is 13.4. The molecule has 0 fully saturated rings. The quantitative estimate of drug-likeness (QED) is 0.0385. The average molecular weight is 763 g/mol. The molecule has 0 saturated heterocycles. The number of benzene rings is 3. The molecule has 14 nitrogen and oxygen atoms in total. The fraction of sp³-hybridized carbons (Fsp3) is 0.357. The summed E-state index contributed by atoms with van der Waals surface area (Å²) in [5, 5.41) is 13.6. The Morgan fingerprint density at radius 2 is 1.52 bits per heavy atom. The minimum absolute atomic E-state index is 0.0142. The summed E-state index contributed by atoms with van der Waals surface area (Å²) in [7, 11) is 0. The molecular weight excluding hydrogens is 713 g/mol. The number of nitrogens with zero attached hydrogens (tertiary/aromatic N) is 2. The lowest BCUT2D eigenvalue weighted by Gasteiger charge is -2.18. The van der Waals surface area contributed by atoms with Gasteiger partial charge in [0.05, 0.1) is 18.5 Å². The molecule has 14 heteroatoms. The van der Waals surface area contributed by atoms with Crippen LogP contribution in [0.1, 0.15) is 96.1 Å². The van der Waals surface area contributed by atoms with Crippen molar-refractivity contribution >= 4 is 58.1 Å². The van der Waals surface area contributed by atoms with Crippen molar-refractivity contribution in [3.05, 3.63) is 88.5 Å². The number of hydrogen-bond acceptors (Lipinski definition) is 9. The van der Waals surface area contributed by atoms with Gasteiger partial charge in [-0.25, -0.2) is 0 Å². The number of aliphatic imine (C=N–C) groups is 1. The van der Waals surface area contributed by atoms with Crippen LogP contribution in [0.5, 0.6) is 0 Å². The third-order valence-electron chi connectivity index (χ3n) is 9.47. The summed E-state index contributed by atoms with van der Waals surface area (Å²) in [6.45, 7) is 12.3. The van der Waals surface area contributed by atoms with E-state index in [1.807, 2.05) is 13.8 Å². The molecule has 0 bridgehead atoms. The van der Waals surface area contributed by atoms with Gasteiger partial charge in [-0.2, -0.15) is 0 Å². The molecule has 3 aromatic rings. The number of amides is 5. The standard InChI is InChI=1S/C42H50N8O6/c1-6-42(43,7-2)17-19-45-39(54)32-21-31(38(53)44-18-10-20-50(8-3)9-4)22-34(23-32)48-40(55)29-13-11-28(12-14-29)26-46-37(27(5)51)41(56)47-33-16-15-30-24-36(52)49-35(30)25-33/h11-16,21-23,25H,6-10,18,20,24,26,43H2,1-5H3,(H,44,53)(H,45,54)(H,47,56)(H,48,55)(H,49,52). The highest BCUT2D eigenvalue weighted by Gasteiger charge is 2.21. The molecule has 1 aliphatic heterocycles. The third kappa shape index (κ3) is 11.9. The molecule has 5 amide bonds. The predicted molar refractivity (Wildman–Crippen MR) is 218 cm³/mol. The Morgan fingerprint density at radius 1 is 0.839 bits per heavy atom. The molecule has 0 aliphatic carbocycles. The van der Waals surface area contributed by atoms with Gasteiger partial charge in [-0.3, -0.25) is 39.1 Å². The van der Waals surface area contributed by atoms with Gasteiger partial charge in [0.25, 0.3) is 23.6 Å². The van der Waals surface area contributed by atoms with Crippen LogP contribution in [-0.2, 0) is 27.3 Å². The highest BCUT2D eigenvalue weighted by Crippen LogP contribution is 2.26. The Kier molecular flexibility index (Phi) is 15.2. The van der Waals surface area contributed by atoms with Gasteiger partial charge in [-0.15, -0.1) is 0 Å². The topological polar surface area (TPSA) is 204 Å². The molecule has 0 unspecified atom stereocenters. The van der Waals surface area contributed by atoms with Crippen molar-refractivity contribution < 1.29 is 28.8 Å². The lowest BCUT2D eigenvalue weighted by atomic mass is 9.96. The highest BCUT2D eigenvalue weighted by atomic mass is 16.2. The number of hydrogen-bond donors (Lipinski definition) is 6. The van der Waals surface area contributed by atoms with Crippen molar-refractivity contribution in [1.82, 2.24) is 15.5 Å². The zero-order chi connectivity index (χ0) is 40.8. The molecule has 0 spiro atoms. The van der Waals surface area contributed by atoms with E-state index in [0.717, 1.165) is 31.6 Å². The monoisotopic (exact) mass is 762 g/mol. The van der Waals surface area contributed by atoms with E-state index in [9.17, 15) is 28.8 Å². The largest absolute Gasteiger partial charge is 0.352 e. The third-order valence-corrected chi connectivity index (χ3v) is 9.47. The number of anilines is 3. The van der Waals surface area contributed by atoms with E-state index in [1.54, 1.807) is 42.5 Å². The number of fused-ring (bicyclic) bond motifs is 1. The Hall–Kier alpha value is -6.17. The van der Waals surface area contributed by atoms with Crippen LogP contribution in [0.25, 0.3) is 0 Å². The van der Waals surface area contributed by atoms with E-state index >= 15 is 0 Å². The maximum atomic E-state index is 13.4. The van der Waals surface area contributed by atoms with Gasteiger partial charge in [0, 0.05) is 53.3 Å². The molecule has 1 heterocycles. The van der Waals surface area contributed by atoms with E-state index < -0.39 is 35.0 Å². The number of carbonyl (C=O) groups is 6. The second kappa shape index (κ2) is 19.9. The van der Waals surface area contributed by atoms with E-state index in [0.29, 0.717) is 36.3 Å². The molecule has 0 atom stereocenters. The van der Waals surface area contributed by atoms with Gasteiger partial charge in [0.15, 0.2) is 11.5 Å². The van der Waals surface area contributed by atoms with Crippen molar-refractivity contribution in [2.45, 2.75) is 72.4 Å². The van der Waals surface area contributed by atoms with Gasteiger partial charge in [-0.05, 0) is 92.5 Å². The molecule has 4 rings (SSSR count). The van der Waals surface area contributed by atoms with Crippen LogP contribution in [0, 0.1) is 12.0 Å². The normalized spacial score (nSPS) is 12.2. The first-order valence-electron chi connectivity index (χ1n) is 18.7. The second-order valence-corrected chi connectivity index (χ2v) is 13.4. The van der Waals surface area contributed by atoms with Gasteiger partial charge in [0.2, 0.25) is 5.91 Å². The summed E-state index contributed by atoms with van der Waals surface area (Å²) in [6.07, 6.45) is 2.19. The second-order valence-electron chi connectivity index (χ2n) is 13.4. The predicted octanol–water partition coefficient (Wildman–Crippen LogP) is 4.27. The summed E-state index contributed by atoms with van der Waals surface area (Å²) in [5.41, 5.74) is 8.43. The molecule has 0 aromatic heterocycles. The van der Waals surface area contributed by atoms with Crippen LogP contribution in [0.4, 0.5) is 17.1 Å². The molecule has 0 saturated carbocycles. The molecule has 7 N–H and O–H groups in total. The van der Waals surface area contributed by atoms with Gasteiger partial charge in [-0.1, -0.05) is 51.8 Å². The molecular formula is C42H50N8O6. The fourth-order valence-electron chi connectivity index (χ4n) is 5.78. The summed E-state index contributed by atoms with van der Waals surface area (Å²) in [5.74, 6) is 0.0623. The van der Waals surface area contributed by atoms with Gasteiger partial charge >= 0.3 is 0 Å². The highest BCUT2D eigenvalue weighted by molar-refractivity contribution is 6.67. The zero-order valence-corrected chi connectivity index (χ0v) is 32.6. The van der Waals surface area contributed by atoms with Crippen LogP contribution in [-0.4, -0.2) is 77.6 Å². The van der Waals surface area contributed by atoms with Crippen molar-refractivity contribution in [2.24, 2.45) is 10.7 Å². The number of carbonyl (C=O) groups excluding carboxylic acids is 6. The van der Waals surface area contributed by atoms with Crippen molar-refractivity contribution in [3.63, 3.8) is 0 Å². The summed E-state index contributed by atoms with van der Waals surface area (Å²) in [6, 6.07) is 18.4. The minimum Gasteiger partial charge on any atom is -0.352 e. The Labute approximate surface area is 327 Å². The number of nitrogens with two attached hydrogens (primary N) is 1. The number of rotatable bonds is 17. The van der Waals surface area contributed by atoms with Crippen LogP contribution < -0.4 is 32.3 Å². The van der Waals surface area contributed by atoms with E-state index in [2.05, 4.69) is 62.3 Å². The van der Waals surface area contributed by atoms with Crippen molar-refractivity contribution in [2.75, 3.05) is 42.1 Å². The number of nitrogens with one attached hydrogen (secondary N) is 5. The maximum Gasteiger partial charge on any atom is 0.277 e. The van der Waals surface area contributed by atoms with Crippen molar-refractivity contribution in [1.29, 1.82) is 0 Å². The zero-order valence-electron chi connectivity index (χ0n) is 32.6. The smallest absolute Gasteiger partial charge is 0.277 e. The summed E-state index contributed by atoms with van der Waals surface area (Å²) < 4.78 is 0. The Bertz CT molecular complexity index is 2060. The van der Waals surface area contributed by atoms with Gasteiger partial charge in [0.1, 0.15) is 0 Å². The van der Waals surface area contributed by atoms with Crippen LogP contribution in [0.3, 0.4) is 0 Å². The first-order valence-corrected chi connectivity index (χ1v) is 18.7. The Morgan fingerprint density at radius 3 is 2.16 bits per heavy atom. The molecule has 0 radical (unpaired) electrons. The SMILES string of the molecule is CCN(CC)CCCNC(=O)c1cc(NC(=O)c2ccc(CN=C(C(C)=O)C(=O)Nc3ccc4c(c3)NC(=O)C4)cc2)cc(C(=O)NC#CC(N)(CC)CC)c1. The van der Waals surface area contributed by atoms with E-state index in [-0.39, 0.29) is 47.0 Å². The lowest BCUT2D eigenvalue weighted by molar-refractivity contribution is -0.116. The minimum atomic E-state index is -0.754. The Balaban J connectivity index is 1.46. The number of ketones is 1. The van der Waals surface area contributed by atoms with Gasteiger partial charge < -0.3 is 31.9 Å². The van der Waals surface area contributed by atoms with E-state index in [4.69, 9.17) is 5.73 Å². The molecule has 294 valence electrons. The van der Waals surface area contributed by atoms with E-state index in [1.165, 1.54) is 25.1 Å². The first-order chi connectivity index (χ1) is 26.8. The number of Topliss-reactive ketones (excluding diaryl/α,β-unsaturated/α-hetero) is 1. The lowest BCUT2D eigenvalue weighted by Crippen LogP contribution is -2.37. The fourth-order valence-corrected chi connectivity index (χ4v) is 5.78. The molecule has 56 heavy (non-hydrogen) atoms. The van der Waals surface area contributed by atoms with Crippen LogP contribution >= 0.6 is 0 Å². The summed E-state index contributed by atoms with van der Waals surface area (Å²) in [4.78, 5) is 83.3. The van der Waals surface area contributed by atoms with Crippen molar-refractivity contribution in [3.8, 4) is 12.0 Å². The molecule has 3 aromatic carbocycles. The molecule has 1 aliphatic rings.